The molecule has 0 fully saturated rings. The second-order valence-electron chi connectivity index (χ2n) is 7.51. The highest BCUT2D eigenvalue weighted by Gasteiger charge is 2.23. The molecule has 0 saturated heterocycles. The number of amides is 1. The van der Waals surface area contributed by atoms with Gasteiger partial charge in [0.1, 0.15) is 12.0 Å². The molecule has 0 aliphatic heterocycles. The van der Waals surface area contributed by atoms with Crippen LogP contribution in [0, 0.1) is 13.8 Å². The number of aliphatic hydroxyl groups is 1. The summed E-state index contributed by atoms with van der Waals surface area (Å²) in [7, 11) is 0. The lowest BCUT2D eigenvalue weighted by Crippen LogP contribution is -2.31. The zero-order chi connectivity index (χ0) is 23.4. The van der Waals surface area contributed by atoms with E-state index in [9.17, 15) is 9.90 Å². The van der Waals surface area contributed by atoms with E-state index >= 15 is 0 Å². The Morgan fingerprint density at radius 1 is 1.12 bits per heavy atom. The number of nitrogens with one attached hydrogen (secondary N) is 3. The summed E-state index contributed by atoms with van der Waals surface area (Å²) in [5.41, 5.74) is 4.12. The van der Waals surface area contributed by atoms with Crippen molar-refractivity contribution in [2.45, 2.75) is 19.9 Å². The van der Waals surface area contributed by atoms with Gasteiger partial charge in [-0.2, -0.15) is 4.98 Å². The Balaban J connectivity index is 1.59. The van der Waals surface area contributed by atoms with Crippen molar-refractivity contribution in [1.82, 2.24) is 25.3 Å². The minimum Gasteiger partial charge on any atom is -0.394 e. The van der Waals surface area contributed by atoms with Crippen LogP contribution in [0.5, 0.6) is 0 Å². The molecular formula is C24H23ClN6O2. The molecule has 0 saturated carbocycles. The van der Waals surface area contributed by atoms with Gasteiger partial charge in [0.25, 0.3) is 5.91 Å². The maximum Gasteiger partial charge on any atom is 0.268 e. The summed E-state index contributed by atoms with van der Waals surface area (Å²) in [4.78, 5) is 29.2. The van der Waals surface area contributed by atoms with Crippen molar-refractivity contribution >= 4 is 29.1 Å². The molecule has 2 aromatic heterocycles. The van der Waals surface area contributed by atoms with Crippen molar-refractivity contribution in [1.29, 1.82) is 0 Å². The van der Waals surface area contributed by atoms with Gasteiger partial charge in [-0.05, 0) is 49.2 Å². The van der Waals surface area contributed by atoms with Crippen LogP contribution in [0.1, 0.15) is 33.4 Å². The summed E-state index contributed by atoms with van der Waals surface area (Å²) >= 11 is 6.06. The lowest BCUT2D eigenvalue weighted by Gasteiger charge is -2.17. The molecule has 0 aliphatic rings. The maximum atomic E-state index is 13.0. The summed E-state index contributed by atoms with van der Waals surface area (Å²) in [5, 5.41) is 16.4. The summed E-state index contributed by atoms with van der Waals surface area (Å²) in [6.45, 7) is 3.42. The zero-order valence-electron chi connectivity index (χ0n) is 18.1. The van der Waals surface area contributed by atoms with Crippen molar-refractivity contribution in [2.24, 2.45) is 0 Å². The van der Waals surface area contributed by atoms with Gasteiger partial charge in [0.15, 0.2) is 5.82 Å². The number of hydrogen-bond acceptors (Lipinski definition) is 6. The molecule has 4 aromatic rings. The van der Waals surface area contributed by atoms with Crippen LogP contribution in [0.25, 0.3) is 11.4 Å². The number of rotatable bonds is 7. The third-order valence-electron chi connectivity index (χ3n) is 5.23. The number of anilines is 2. The molecule has 33 heavy (non-hydrogen) atoms. The van der Waals surface area contributed by atoms with Gasteiger partial charge >= 0.3 is 0 Å². The molecule has 0 aliphatic carbocycles. The van der Waals surface area contributed by atoms with Crippen LogP contribution in [0.15, 0.2) is 60.9 Å². The van der Waals surface area contributed by atoms with E-state index in [0.717, 1.165) is 16.9 Å². The molecule has 0 bridgehead atoms. The number of hydrogen-bond donors (Lipinski definition) is 4. The number of carbonyl (C=O) groups is 1. The van der Waals surface area contributed by atoms with E-state index < -0.39 is 6.04 Å². The van der Waals surface area contributed by atoms with Crippen LogP contribution in [-0.4, -0.2) is 37.6 Å². The number of aryl methyl sites for hydroxylation is 1. The number of aromatic amines is 1. The maximum absolute atomic E-state index is 13.0. The molecule has 2 aromatic carbocycles. The van der Waals surface area contributed by atoms with Crippen molar-refractivity contribution in [3.05, 3.63) is 88.5 Å². The number of para-hydroxylation sites is 1. The van der Waals surface area contributed by atoms with E-state index in [2.05, 4.69) is 30.6 Å². The van der Waals surface area contributed by atoms with Gasteiger partial charge < -0.3 is 20.7 Å². The Morgan fingerprint density at radius 3 is 2.64 bits per heavy atom. The zero-order valence-corrected chi connectivity index (χ0v) is 18.9. The number of aliphatic hydroxyl groups excluding tert-OH is 1. The summed E-state index contributed by atoms with van der Waals surface area (Å²) in [6, 6.07) is 16.0. The highest BCUT2D eigenvalue weighted by Crippen LogP contribution is 2.28. The first-order valence-electron chi connectivity index (χ1n) is 10.3. The van der Waals surface area contributed by atoms with Crippen LogP contribution >= 0.6 is 11.6 Å². The molecule has 1 amide bonds. The van der Waals surface area contributed by atoms with Crippen molar-refractivity contribution in [3.63, 3.8) is 0 Å². The van der Waals surface area contributed by atoms with Crippen LogP contribution < -0.4 is 10.6 Å². The third-order valence-corrected chi connectivity index (χ3v) is 5.46. The molecular weight excluding hydrogens is 440 g/mol. The van der Waals surface area contributed by atoms with Gasteiger partial charge in [0, 0.05) is 22.0 Å². The first-order valence-corrected chi connectivity index (χ1v) is 10.7. The van der Waals surface area contributed by atoms with Gasteiger partial charge in [-0.1, -0.05) is 41.9 Å². The van der Waals surface area contributed by atoms with Crippen LogP contribution in [0.4, 0.5) is 11.6 Å². The minimum absolute atomic E-state index is 0.264. The molecule has 8 nitrogen and oxygen atoms in total. The van der Waals surface area contributed by atoms with Gasteiger partial charge in [0.2, 0.25) is 5.95 Å². The van der Waals surface area contributed by atoms with Crippen molar-refractivity contribution in [2.75, 3.05) is 11.9 Å². The summed E-state index contributed by atoms with van der Waals surface area (Å²) < 4.78 is 0. The smallest absolute Gasteiger partial charge is 0.268 e. The third kappa shape index (κ3) is 5.02. The number of benzene rings is 2. The molecule has 168 valence electrons. The number of halogens is 1. The van der Waals surface area contributed by atoms with Crippen LogP contribution in [0.2, 0.25) is 5.02 Å². The van der Waals surface area contributed by atoms with E-state index in [1.807, 2.05) is 44.2 Å². The SMILES string of the molecule is Cc1[nH]c(C(=O)N[C@H](CO)c2cccc(Cl)c2)c(C)c1-c1ncnc(Nc2ccccc2)n1. The van der Waals surface area contributed by atoms with Crippen molar-refractivity contribution in [3.8, 4) is 11.4 Å². The Bertz CT molecular complexity index is 1280. The number of nitrogens with zero attached hydrogens (tertiary/aromatic N) is 3. The van der Waals surface area contributed by atoms with Gasteiger partial charge in [0.05, 0.1) is 12.6 Å². The highest BCUT2D eigenvalue weighted by atomic mass is 35.5. The van der Waals surface area contributed by atoms with Crippen LogP contribution in [0.3, 0.4) is 0 Å². The average molecular weight is 463 g/mol. The van der Waals surface area contributed by atoms with Crippen molar-refractivity contribution < 1.29 is 9.90 Å². The number of carbonyl (C=O) groups excluding carboxylic acids is 1. The Labute approximate surface area is 196 Å². The lowest BCUT2D eigenvalue weighted by molar-refractivity contribution is 0.0911. The van der Waals surface area contributed by atoms with E-state index in [0.29, 0.717) is 33.6 Å². The molecule has 9 heteroatoms. The lowest BCUT2D eigenvalue weighted by atomic mass is 10.1. The van der Waals surface area contributed by atoms with E-state index in [-0.39, 0.29) is 12.5 Å². The van der Waals surface area contributed by atoms with E-state index in [4.69, 9.17) is 11.6 Å². The van der Waals surface area contributed by atoms with Crippen LogP contribution in [-0.2, 0) is 0 Å². The fraction of sp³-hybridized carbons (Fsp3) is 0.167. The molecule has 1 atom stereocenters. The Hall–Kier alpha value is -3.75. The second kappa shape index (κ2) is 9.81. The van der Waals surface area contributed by atoms with Gasteiger partial charge in [-0.3, -0.25) is 4.79 Å². The normalized spacial score (nSPS) is 11.8. The Morgan fingerprint density at radius 2 is 1.91 bits per heavy atom. The topological polar surface area (TPSA) is 116 Å². The predicted molar refractivity (Wildman–Crippen MR) is 128 cm³/mol. The first-order chi connectivity index (χ1) is 16.0. The van der Waals surface area contributed by atoms with E-state index in [1.165, 1.54) is 6.33 Å². The molecule has 4 N–H and O–H groups in total. The molecule has 0 spiro atoms. The fourth-order valence-electron chi connectivity index (χ4n) is 3.63. The molecule has 2 heterocycles. The standard InChI is InChI=1S/C24H23ClN6O2/c1-14-20(22-26-13-27-24(31-22)29-18-9-4-3-5-10-18)15(2)28-21(14)23(33)30-19(12-32)16-7-6-8-17(25)11-16/h3-11,13,19,28,32H,12H2,1-2H3,(H,30,33)(H,26,27,29,31)/t19-/m1/s1. The quantitative estimate of drug-likeness (QED) is 0.324. The average Bonchev–Trinajstić information content (AvgIpc) is 3.12. The highest BCUT2D eigenvalue weighted by molar-refractivity contribution is 6.30. The summed E-state index contributed by atoms with van der Waals surface area (Å²) in [5.74, 6) is 0.498. The number of aromatic nitrogens is 4. The summed E-state index contributed by atoms with van der Waals surface area (Å²) in [6.07, 6.45) is 1.43. The fourth-order valence-corrected chi connectivity index (χ4v) is 3.83. The molecule has 4 rings (SSSR count). The van der Waals surface area contributed by atoms with E-state index in [1.54, 1.807) is 24.3 Å². The second-order valence-corrected chi connectivity index (χ2v) is 7.95. The van der Waals surface area contributed by atoms with Gasteiger partial charge in [-0.25, -0.2) is 9.97 Å². The Kier molecular flexibility index (Phi) is 6.67. The predicted octanol–water partition coefficient (Wildman–Crippen LogP) is 4.34. The van der Waals surface area contributed by atoms with Gasteiger partial charge in [-0.15, -0.1) is 0 Å². The molecule has 0 unspecified atom stereocenters. The number of H-pyrrole nitrogens is 1. The molecule has 0 radical (unpaired) electrons. The first kappa shape index (κ1) is 22.4. The monoisotopic (exact) mass is 462 g/mol. The largest absolute Gasteiger partial charge is 0.394 e. The minimum atomic E-state index is -0.596.